The predicted octanol–water partition coefficient (Wildman–Crippen LogP) is 3.29. The van der Waals surface area contributed by atoms with E-state index in [9.17, 15) is 9.59 Å². The summed E-state index contributed by atoms with van der Waals surface area (Å²) in [6.45, 7) is 0.403. The van der Waals surface area contributed by atoms with Gasteiger partial charge in [-0.05, 0) is 30.7 Å². The van der Waals surface area contributed by atoms with E-state index in [1.54, 1.807) is 49.0 Å². The van der Waals surface area contributed by atoms with Crippen molar-refractivity contribution in [2.24, 2.45) is 0 Å². The van der Waals surface area contributed by atoms with E-state index < -0.39 is 0 Å². The molecule has 0 radical (unpaired) electrons. The Morgan fingerprint density at radius 1 is 1.40 bits per heavy atom. The molecule has 1 aliphatic rings. The number of aromatic nitrogens is 1. The van der Waals surface area contributed by atoms with Gasteiger partial charge in [0.2, 0.25) is 5.91 Å². The van der Waals surface area contributed by atoms with E-state index in [2.05, 4.69) is 10.3 Å². The summed E-state index contributed by atoms with van der Waals surface area (Å²) >= 11 is 6.50. The molecule has 2 amide bonds. The maximum absolute atomic E-state index is 12.4. The number of nitrogens with zero attached hydrogens (tertiary/aromatic N) is 2. The normalized spacial score (nSPS) is 15.8. The van der Waals surface area contributed by atoms with Gasteiger partial charge in [0.1, 0.15) is 10.1 Å². The minimum atomic E-state index is -0.154. The standard InChI is InChI=1S/C17H15N3O3S2/c21-15(19-12-4-1-7-18-11-12)6-2-8-20-16(22)14(25-17(20)24)10-13-5-3-9-23-13/h1,3-5,7,9-11H,2,6,8H2,(H,19,21). The van der Waals surface area contributed by atoms with Crippen LogP contribution in [0.5, 0.6) is 0 Å². The monoisotopic (exact) mass is 373 g/mol. The molecule has 1 aliphatic heterocycles. The second-order valence-electron chi connectivity index (χ2n) is 5.24. The lowest BCUT2D eigenvalue weighted by Gasteiger charge is -2.14. The highest BCUT2D eigenvalue weighted by Gasteiger charge is 2.31. The van der Waals surface area contributed by atoms with Gasteiger partial charge in [-0.1, -0.05) is 24.0 Å². The zero-order valence-electron chi connectivity index (χ0n) is 13.2. The summed E-state index contributed by atoms with van der Waals surface area (Å²) in [4.78, 5) is 30.3. The molecule has 8 heteroatoms. The van der Waals surface area contributed by atoms with Crippen molar-refractivity contribution >= 4 is 51.9 Å². The van der Waals surface area contributed by atoms with Crippen LogP contribution in [-0.2, 0) is 9.59 Å². The Labute approximate surface area is 154 Å². The second kappa shape index (κ2) is 8.09. The Bertz CT molecular complexity index is 804. The van der Waals surface area contributed by atoms with Crippen molar-refractivity contribution in [1.29, 1.82) is 0 Å². The summed E-state index contributed by atoms with van der Waals surface area (Å²) in [6.07, 6.45) is 7.26. The molecule has 6 nitrogen and oxygen atoms in total. The lowest BCUT2D eigenvalue weighted by atomic mass is 10.2. The van der Waals surface area contributed by atoms with Gasteiger partial charge in [-0.2, -0.15) is 0 Å². The summed E-state index contributed by atoms with van der Waals surface area (Å²) in [5.41, 5.74) is 0.652. The lowest BCUT2D eigenvalue weighted by Crippen LogP contribution is -2.29. The first kappa shape index (κ1) is 17.4. The Kier molecular flexibility index (Phi) is 5.62. The zero-order chi connectivity index (χ0) is 17.6. The number of nitrogens with one attached hydrogen (secondary N) is 1. The van der Waals surface area contributed by atoms with E-state index in [0.29, 0.717) is 40.1 Å². The molecule has 0 unspecified atom stereocenters. The molecule has 0 aliphatic carbocycles. The Morgan fingerprint density at radius 3 is 3.00 bits per heavy atom. The summed E-state index contributed by atoms with van der Waals surface area (Å²) in [6, 6.07) is 7.05. The fourth-order valence-electron chi connectivity index (χ4n) is 2.25. The fraction of sp³-hybridized carbons (Fsp3) is 0.176. The van der Waals surface area contributed by atoms with Crippen LogP contribution in [0.3, 0.4) is 0 Å². The Morgan fingerprint density at radius 2 is 2.28 bits per heavy atom. The van der Waals surface area contributed by atoms with Crippen molar-refractivity contribution in [3.05, 3.63) is 53.6 Å². The van der Waals surface area contributed by atoms with Crippen molar-refractivity contribution in [3.63, 3.8) is 0 Å². The van der Waals surface area contributed by atoms with Gasteiger partial charge >= 0.3 is 0 Å². The third-order valence-electron chi connectivity index (χ3n) is 3.42. The van der Waals surface area contributed by atoms with Crippen LogP contribution in [-0.4, -0.2) is 32.6 Å². The van der Waals surface area contributed by atoms with Gasteiger partial charge in [0, 0.05) is 25.2 Å². The highest BCUT2D eigenvalue weighted by Crippen LogP contribution is 2.32. The van der Waals surface area contributed by atoms with Crippen molar-refractivity contribution in [2.75, 3.05) is 11.9 Å². The fourth-order valence-corrected chi connectivity index (χ4v) is 3.54. The third-order valence-corrected chi connectivity index (χ3v) is 4.80. The Balaban J connectivity index is 1.50. The SMILES string of the molecule is O=C(CCCN1C(=O)C(=Cc2ccco2)SC1=S)Nc1cccnc1. The van der Waals surface area contributed by atoms with Gasteiger partial charge in [-0.3, -0.25) is 19.5 Å². The molecule has 1 saturated heterocycles. The van der Waals surface area contributed by atoms with Gasteiger partial charge in [0.05, 0.1) is 23.1 Å². The highest BCUT2D eigenvalue weighted by atomic mass is 32.2. The molecule has 0 spiro atoms. The molecule has 25 heavy (non-hydrogen) atoms. The van der Waals surface area contributed by atoms with Gasteiger partial charge in [0.15, 0.2) is 0 Å². The van der Waals surface area contributed by atoms with E-state index in [-0.39, 0.29) is 11.8 Å². The number of rotatable bonds is 6. The number of furan rings is 1. The third kappa shape index (κ3) is 4.55. The quantitative estimate of drug-likeness (QED) is 0.619. The van der Waals surface area contributed by atoms with E-state index in [1.165, 1.54) is 16.7 Å². The van der Waals surface area contributed by atoms with Crippen molar-refractivity contribution in [1.82, 2.24) is 9.88 Å². The highest BCUT2D eigenvalue weighted by molar-refractivity contribution is 8.26. The average Bonchev–Trinajstić information content (AvgIpc) is 3.19. The molecule has 2 aromatic rings. The summed E-state index contributed by atoms with van der Waals surface area (Å²) in [5.74, 6) is 0.333. The molecule has 0 bridgehead atoms. The molecule has 3 rings (SSSR count). The summed E-state index contributed by atoms with van der Waals surface area (Å²) in [5, 5.41) is 2.76. The molecule has 0 aromatic carbocycles. The number of thiocarbonyl (C=S) groups is 1. The van der Waals surface area contributed by atoms with Crippen LogP contribution >= 0.6 is 24.0 Å². The van der Waals surface area contributed by atoms with Crippen molar-refractivity contribution in [3.8, 4) is 0 Å². The molecular formula is C17H15N3O3S2. The molecule has 1 fully saturated rings. The number of hydrogen-bond donors (Lipinski definition) is 1. The van der Waals surface area contributed by atoms with Crippen LogP contribution in [0.4, 0.5) is 5.69 Å². The van der Waals surface area contributed by atoms with Crippen LogP contribution in [0.2, 0.25) is 0 Å². The predicted molar refractivity (Wildman–Crippen MR) is 101 cm³/mol. The maximum Gasteiger partial charge on any atom is 0.266 e. The topological polar surface area (TPSA) is 75.4 Å². The average molecular weight is 373 g/mol. The van der Waals surface area contributed by atoms with Crippen LogP contribution in [0, 0.1) is 0 Å². The smallest absolute Gasteiger partial charge is 0.266 e. The molecule has 2 aromatic heterocycles. The van der Waals surface area contributed by atoms with Gasteiger partial charge in [-0.25, -0.2) is 0 Å². The number of thioether (sulfide) groups is 1. The molecule has 3 heterocycles. The van der Waals surface area contributed by atoms with Crippen molar-refractivity contribution in [2.45, 2.75) is 12.8 Å². The number of pyridine rings is 1. The van der Waals surface area contributed by atoms with Gasteiger partial charge in [-0.15, -0.1) is 0 Å². The molecule has 128 valence electrons. The zero-order valence-corrected chi connectivity index (χ0v) is 14.8. The number of anilines is 1. The number of hydrogen-bond acceptors (Lipinski definition) is 6. The first-order chi connectivity index (χ1) is 12.1. The number of amides is 2. The molecule has 0 atom stereocenters. The summed E-state index contributed by atoms with van der Waals surface area (Å²) < 4.78 is 5.72. The van der Waals surface area contributed by atoms with Crippen LogP contribution in [0.15, 0.2) is 52.2 Å². The minimum Gasteiger partial charge on any atom is -0.465 e. The van der Waals surface area contributed by atoms with Crippen LogP contribution < -0.4 is 5.32 Å². The molecular weight excluding hydrogens is 358 g/mol. The lowest BCUT2D eigenvalue weighted by molar-refractivity contribution is -0.122. The van der Waals surface area contributed by atoms with E-state index in [1.807, 2.05) is 0 Å². The van der Waals surface area contributed by atoms with E-state index >= 15 is 0 Å². The first-order valence-electron chi connectivity index (χ1n) is 7.62. The van der Waals surface area contributed by atoms with Crippen LogP contribution in [0.1, 0.15) is 18.6 Å². The summed E-state index contributed by atoms with van der Waals surface area (Å²) in [7, 11) is 0. The molecule has 0 saturated carbocycles. The second-order valence-corrected chi connectivity index (χ2v) is 6.92. The van der Waals surface area contributed by atoms with E-state index in [0.717, 1.165) is 0 Å². The first-order valence-corrected chi connectivity index (χ1v) is 8.85. The minimum absolute atomic E-state index is 0.121. The van der Waals surface area contributed by atoms with E-state index in [4.69, 9.17) is 16.6 Å². The van der Waals surface area contributed by atoms with Crippen LogP contribution in [0.25, 0.3) is 6.08 Å². The maximum atomic E-state index is 12.4. The van der Waals surface area contributed by atoms with Gasteiger partial charge in [0.25, 0.3) is 5.91 Å². The van der Waals surface area contributed by atoms with Crippen molar-refractivity contribution < 1.29 is 14.0 Å². The van der Waals surface area contributed by atoms with Gasteiger partial charge < -0.3 is 9.73 Å². The Hall–Kier alpha value is -2.45. The number of carbonyl (C=O) groups excluding carboxylic acids is 2. The largest absolute Gasteiger partial charge is 0.465 e. The number of carbonyl (C=O) groups is 2. The molecule has 1 N–H and O–H groups in total.